The normalized spacial score (nSPS) is 9.94. The van der Waals surface area contributed by atoms with E-state index in [1.807, 2.05) is 30.0 Å². The van der Waals surface area contributed by atoms with Crippen molar-refractivity contribution in [3.63, 3.8) is 0 Å². The second-order valence-corrected chi connectivity index (χ2v) is 4.65. The molecule has 0 aliphatic rings. The van der Waals surface area contributed by atoms with Crippen LogP contribution in [-0.2, 0) is 10.5 Å². The molecule has 0 aliphatic carbocycles. The van der Waals surface area contributed by atoms with E-state index in [1.165, 1.54) is 5.56 Å². The SMILES string of the molecule is COCCCSCc1ccc(C#N)c(OC)c1. The van der Waals surface area contributed by atoms with Gasteiger partial charge in [-0.3, -0.25) is 0 Å². The number of hydrogen-bond donors (Lipinski definition) is 0. The maximum absolute atomic E-state index is 8.86. The molecule has 0 bridgehead atoms. The lowest BCUT2D eigenvalue weighted by atomic mass is 10.1. The number of benzene rings is 1. The zero-order valence-corrected chi connectivity index (χ0v) is 11.0. The van der Waals surface area contributed by atoms with Crippen LogP contribution in [0.25, 0.3) is 0 Å². The fourth-order valence-electron chi connectivity index (χ4n) is 1.41. The van der Waals surface area contributed by atoms with Crippen LogP contribution in [-0.4, -0.2) is 26.6 Å². The highest BCUT2D eigenvalue weighted by Gasteiger charge is 2.03. The Bertz CT molecular complexity index is 387. The fraction of sp³-hybridized carbons (Fsp3) is 0.462. The summed E-state index contributed by atoms with van der Waals surface area (Å²) < 4.78 is 10.2. The molecule has 0 saturated heterocycles. The van der Waals surface area contributed by atoms with Gasteiger partial charge < -0.3 is 9.47 Å². The average Bonchev–Trinajstić information content (AvgIpc) is 2.38. The maximum Gasteiger partial charge on any atom is 0.136 e. The number of nitriles is 1. The number of rotatable bonds is 7. The van der Waals surface area contributed by atoms with E-state index in [-0.39, 0.29) is 0 Å². The first-order chi connectivity index (χ1) is 8.31. The van der Waals surface area contributed by atoms with E-state index in [4.69, 9.17) is 14.7 Å². The summed E-state index contributed by atoms with van der Waals surface area (Å²) in [7, 11) is 3.31. The van der Waals surface area contributed by atoms with Gasteiger partial charge >= 0.3 is 0 Å². The first-order valence-electron chi connectivity index (χ1n) is 5.45. The highest BCUT2D eigenvalue weighted by molar-refractivity contribution is 7.98. The van der Waals surface area contributed by atoms with Crippen molar-refractivity contribution in [2.75, 3.05) is 26.6 Å². The summed E-state index contributed by atoms with van der Waals surface area (Å²) in [5.74, 6) is 2.67. The fourth-order valence-corrected chi connectivity index (χ4v) is 2.29. The third kappa shape index (κ3) is 4.68. The summed E-state index contributed by atoms with van der Waals surface area (Å²) in [5, 5.41) is 8.86. The molecule has 0 heterocycles. The Morgan fingerprint density at radius 1 is 1.35 bits per heavy atom. The largest absolute Gasteiger partial charge is 0.495 e. The highest BCUT2D eigenvalue weighted by Crippen LogP contribution is 2.22. The maximum atomic E-state index is 8.86. The lowest BCUT2D eigenvalue weighted by Gasteiger charge is -2.06. The molecule has 0 saturated carbocycles. The van der Waals surface area contributed by atoms with Crippen molar-refractivity contribution in [3.8, 4) is 11.8 Å². The molecule has 0 radical (unpaired) electrons. The summed E-state index contributed by atoms with van der Waals surface area (Å²) in [4.78, 5) is 0. The third-order valence-corrected chi connectivity index (χ3v) is 3.41. The van der Waals surface area contributed by atoms with Gasteiger partial charge in [-0.2, -0.15) is 17.0 Å². The Kier molecular flexibility index (Phi) is 6.53. The quantitative estimate of drug-likeness (QED) is 0.699. The van der Waals surface area contributed by atoms with Gasteiger partial charge in [0.05, 0.1) is 12.7 Å². The lowest BCUT2D eigenvalue weighted by molar-refractivity contribution is 0.200. The minimum absolute atomic E-state index is 0.584. The minimum Gasteiger partial charge on any atom is -0.495 e. The molecule has 1 aromatic carbocycles. The first kappa shape index (κ1) is 13.9. The van der Waals surface area contributed by atoms with Gasteiger partial charge in [0.1, 0.15) is 11.8 Å². The molecular weight excluding hydrogens is 234 g/mol. The van der Waals surface area contributed by atoms with Crippen molar-refractivity contribution >= 4 is 11.8 Å². The lowest BCUT2D eigenvalue weighted by Crippen LogP contribution is -1.93. The van der Waals surface area contributed by atoms with Gasteiger partial charge in [-0.1, -0.05) is 6.07 Å². The summed E-state index contributed by atoms with van der Waals surface area (Å²) in [6.45, 7) is 0.809. The second-order valence-electron chi connectivity index (χ2n) is 3.55. The molecule has 0 spiro atoms. The monoisotopic (exact) mass is 251 g/mol. The third-order valence-electron chi connectivity index (χ3n) is 2.29. The Labute approximate surface area is 107 Å². The van der Waals surface area contributed by atoms with E-state index >= 15 is 0 Å². The molecule has 0 unspecified atom stereocenters. The molecule has 17 heavy (non-hydrogen) atoms. The van der Waals surface area contributed by atoms with Crippen molar-refractivity contribution in [1.29, 1.82) is 5.26 Å². The Morgan fingerprint density at radius 2 is 2.18 bits per heavy atom. The summed E-state index contributed by atoms with van der Waals surface area (Å²) in [6, 6.07) is 7.83. The minimum atomic E-state index is 0.584. The van der Waals surface area contributed by atoms with Gasteiger partial charge in [-0.05, 0) is 29.9 Å². The van der Waals surface area contributed by atoms with Crippen LogP contribution in [0, 0.1) is 11.3 Å². The number of ether oxygens (including phenoxy) is 2. The molecule has 0 fully saturated rings. The van der Waals surface area contributed by atoms with Crippen LogP contribution in [0.5, 0.6) is 5.75 Å². The molecule has 0 amide bonds. The van der Waals surface area contributed by atoms with E-state index in [1.54, 1.807) is 14.2 Å². The smallest absolute Gasteiger partial charge is 0.136 e. The molecule has 4 heteroatoms. The van der Waals surface area contributed by atoms with E-state index in [2.05, 4.69) is 6.07 Å². The molecule has 0 atom stereocenters. The van der Waals surface area contributed by atoms with Crippen LogP contribution in [0.2, 0.25) is 0 Å². The molecule has 92 valence electrons. The van der Waals surface area contributed by atoms with E-state index < -0.39 is 0 Å². The van der Waals surface area contributed by atoms with Crippen molar-refractivity contribution < 1.29 is 9.47 Å². The van der Waals surface area contributed by atoms with Gasteiger partial charge in [-0.15, -0.1) is 0 Å². The Balaban J connectivity index is 2.47. The van der Waals surface area contributed by atoms with Crippen LogP contribution >= 0.6 is 11.8 Å². The molecule has 1 aromatic rings. The highest BCUT2D eigenvalue weighted by atomic mass is 32.2. The van der Waals surface area contributed by atoms with E-state index in [0.29, 0.717) is 11.3 Å². The standard InChI is InChI=1S/C13H17NO2S/c1-15-6-3-7-17-10-11-4-5-12(9-14)13(8-11)16-2/h4-5,8H,3,6-7,10H2,1-2H3. The van der Waals surface area contributed by atoms with Crippen molar-refractivity contribution in [2.24, 2.45) is 0 Å². The Morgan fingerprint density at radius 3 is 2.82 bits per heavy atom. The van der Waals surface area contributed by atoms with Crippen molar-refractivity contribution in [3.05, 3.63) is 29.3 Å². The first-order valence-corrected chi connectivity index (χ1v) is 6.61. The van der Waals surface area contributed by atoms with Crippen LogP contribution < -0.4 is 4.74 Å². The number of thioether (sulfide) groups is 1. The average molecular weight is 251 g/mol. The summed E-state index contributed by atoms with van der Waals surface area (Å²) >= 11 is 1.86. The number of nitrogens with zero attached hydrogens (tertiary/aromatic N) is 1. The van der Waals surface area contributed by atoms with Gasteiger partial charge in [0.25, 0.3) is 0 Å². The topological polar surface area (TPSA) is 42.2 Å². The Hall–Kier alpha value is -1.18. The molecule has 0 aromatic heterocycles. The second kappa shape index (κ2) is 7.99. The van der Waals surface area contributed by atoms with Gasteiger partial charge in [-0.25, -0.2) is 0 Å². The van der Waals surface area contributed by atoms with Crippen molar-refractivity contribution in [1.82, 2.24) is 0 Å². The molecule has 1 rings (SSSR count). The van der Waals surface area contributed by atoms with Crippen molar-refractivity contribution in [2.45, 2.75) is 12.2 Å². The summed E-state index contributed by atoms with van der Waals surface area (Å²) in [5.41, 5.74) is 1.77. The number of methoxy groups -OCH3 is 2. The molecule has 0 aliphatic heterocycles. The van der Waals surface area contributed by atoms with Gasteiger partial charge in [0.15, 0.2) is 0 Å². The summed E-state index contributed by atoms with van der Waals surface area (Å²) in [6.07, 6.45) is 1.06. The molecular formula is C13H17NO2S. The number of hydrogen-bond acceptors (Lipinski definition) is 4. The van der Waals surface area contributed by atoms with Crippen LogP contribution in [0.1, 0.15) is 17.5 Å². The van der Waals surface area contributed by atoms with Gasteiger partial charge in [0.2, 0.25) is 0 Å². The van der Waals surface area contributed by atoms with E-state index in [9.17, 15) is 0 Å². The molecule has 0 N–H and O–H groups in total. The molecule has 3 nitrogen and oxygen atoms in total. The van der Waals surface area contributed by atoms with Crippen LogP contribution in [0.3, 0.4) is 0 Å². The van der Waals surface area contributed by atoms with Gasteiger partial charge in [0, 0.05) is 19.5 Å². The predicted octanol–water partition coefficient (Wildman–Crippen LogP) is 2.84. The van der Waals surface area contributed by atoms with Crippen LogP contribution in [0.4, 0.5) is 0 Å². The van der Waals surface area contributed by atoms with Crippen LogP contribution in [0.15, 0.2) is 18.2 Å². The zero-order chi connectivity index (χ0) is 12.5. The van der Waals surface area contributed by atoms with E-state index in [0.717, 1.165) is 24.5 Å². The zero-order valence-electron chi connectivity index (χ0n) is 10.2. The predicted molar refractivity (Wildman–Crippen MR) is 70.4 cm³/mol.